The zero-order chi connectivity index (χ0) is 13.5. The highest BCUT2D eigenvalue weighted by atomic mass is 16.2. The minimum atomic E-state index is 0.253. The second kappa shape index (κ2) is 7.24. The molecule has 1 amide bonds. The average molecular weight is 261 g/mol. The molecular weight excluding hydrogens is 238 g/mol. The molecule has 1 N–H and O–H groups in total. The number of rotatable bonds is 6. The molecule has 1 aliphatic heterocycles. The van der Waals surface area contributed by atoms with E-state index in [1.54, 1.807) is 6.20 Å². The van der Waals surface area contributed by atoms with E-state index in [1.165, 1.54) is 6.42 Å². The van der Waals surface area contributed by atoms with Crippen molar-refractivity contribution in [3.05, 3.63) is 30.1 Å². The molecule has 0 aliphatic carbocycles. The molecule has 0 saturated carbocycles. The minimum absolute atomic E-state index is 0.253. The van der Waals surface area contributed by atoms with E-state index in [1.807, 2.05) is 30.1 Å². The van der Waals surface area contributed by atoms with Crippen molar-refractivity contribution in [2.24, 2.45) is 5.92 Å². The maximum absolute atomic E-state index is 12.0. The Labute approximate surface area is 115 Å². The highest BCUT2D eigenvalue weighted by molar-refractivity contribution is 5.75. The molecule has 0 spiro atoms. The van der Waals surface area contributed by atoms with Gasteiger partial charge in [-0.2, -0.15) is 0 Å². The molecule has 2 heterocycles. The third-order valence-corrected chi connectivity index (χ3v) is 3.67. The number of amides is 1. The summed E-state index contributed by atoms with van der Waals surface area (Å²) in [7, 11) is 1.92. The van der Waals surface area contributed by atoms with Gasteiger partial charge in [-0.05, 0) is 50.4 Å². The van der Waals surface area contributed by atoms with Gasteiger partial charge in [0.1, 0.15) is 0 Å². The predicted octanol–water partition coefficient (Wildman–Crippen LogP) is 1.47. The van der Waals surface area contributed by atoms with Gasteiger partial charge in [-0.3, -0.25) is 9.78 Å². The number of carbonyl (C=O) groups excluding carboxylic acids is 1. The molecule has 104 valence electrons. The van der Waals surface area contributed by atoms with Crippen LogP contribution in [0.3, 0.4) is 0 Å². The second-order valence-corrected chi connectivity index (χ2v) is 5.31. The van der Waals surface area contributed by atoms with Crippen LogP contribution in [0.5, 0.6) is 0 Å². The lowest BCUT2D eigenvalue weighted by Crippen LogP contribution is -2.32. The van der Waals surface area contributed by atoms with Gasteiger partial charge in [-0.25, -0.2) is 0 Å². The summed E-state index contributed by atoms with van der Waals surface area (Å²) in [4.78, 5) is 18.2. The van der Waals surface area contributed by atoms with Crippen LogP contribution in [0.1, 0.15) is 25.0 Å². The fraction of sp³-hybridized carbons (Fsp3) is 0.600. The third kappa shape index (κ3) is 4.63. The van der Waals surface area contributed by atoms with Crippen LogP contribution in [0.25, 0.3) is 0 Å². The van der Waals surface area contributed by atoms with Crippen LogP contribution < -0.4 is 5.32 Å². The first-order valence-electron chi connectivity index (χ1n) is 7.10. The van der Waals surface area contributed by atoms with Crippen LogP contribution in [-0.2, 0) is 11.2 Å². The molecule has 1 atom stereocenters. The first-order valence-corrected chi connectivity index (χ1v) is 7.10. The number of aromatic nitrogens is 1. The zero-order valence-electron chi connectivity index (χ0n) is 11.6. The van der Waals surface area contributed by atoms with Gasteiger partial charge in [-0.15, -0.1) is 0 Å². The lowest BCUT2D eigenvalue weighted by atomic mass is 10.1. The second-order valence-electron chi connectivity index (χ2n) is 5.31. The van der Waals surface area contributed by atoms with Gasteiger partial charge >= 0.3 is 0 Å². The summed E-state index contributed by atoms with van der Waals surface area (Å²) in [5.74, 6) is 0.882. The Balaban J connectivity index is 1.66. The number of hydrogen-bond donors (Lipinski definition) is 1. The topological polar surface area (TPSA) is 45.2 Å². The van der Waals surface area contributed by atoms with E-state index in [-0.39, 0.29) is 5.91 Å². The minimum Gasteiger partial charge on any atom is -0.345 e. The van der Waals surface area contributed by atoms with Crippen LogP contribution in [0.15, 0.2) is 24.4 Å². The van der Waals surface area contributed by atoms with Crippen LogP contribution in [0.2, 0.25) is 0 Å². The van der Waals surface area contributed by atoms with Crippen molar-refractivity contribution in [1.82, 2.24) is 15.2 Å². The summed E-state index contributed by atoms with van der Waals surface area (Å²) < 4.78 is 0. The lowest BCUT2D eigenvalue weighted by molar-refractivity contribution is -0.130. The Hall–Kier alpha value is -1.42. The fourth-order valence-electron chi connectivity index (χ4n) is 2.52. The fourth-order valence-corrected chi connectivity index (χ4v) is 2.52. The highest BCUT2D eigenvalue weighted by Crippen LogP contribution is 2.10. The Morgan fingerprint density at radius 1 is 1.53 bits per heavy atom. The Morgan fingerprint density at radius 3 is 3.11 bits per heavy atom. The van der Waals surface area contributed by atoms with Crippen LogP contribution in [0.4, 0.5) is 0 Å². The SMILES string of the molecule is CN(CC1CCNC1)C(=O)CCCc1ccccn1. The lowest BCUT2D eigenvalue weighted by Gasteiger charge is -2.20. The average Bonchev–Trinajstić information content (AvgIpc) is 2.92. The summed E-state index contributed by atoms with van der Waals surface area (Å²) in [5.41, 5.74) is 1.07. The Kier molecular flexibility index (Phi) is 5.33. The number of hydrogen-bond acceptors (Lipinski definition) is 3. The van der Waals surface area contributed by atoms with Gasteiger partial charge in [0.25, 0.3) is 0 Å². The largest absolute Gasteiger partial charge is 0.345 e. The Morgan fingerprint density at radius 2 is 2.42 bits per heavy atom. The summed E-state index contributed by atoms with van der Waals surface area (Å²) in [5, 5.41) is 3.34. The standard InChI is InChI=1S/C15H23N3O/c1-18(12-13-8-10-16-11-13)15(19)7-4-6-14-5-2-3-9-17-14/h2-3,5,9,13,16H,4,6-8,10-12H2,1H3. The number of carbonyl (C=O) groups is 1. The van der Waals surface area contributed by atoms with Crippen molar-refractivity contribution in [3.63, 3.8) is 0 Å². The molecule has 19 heavy (non-hydrogen) atoms. The van der Waals surface area contributed by atoms with E-state index >= 15 is 0 Å². The van der Waals surface area contributed by atoms with E-state index in [4.69, 9.17) is 0 Å². The molecule has 1 fully saturated rings. The number of pyridine rings is 1. The van der Waals surface area contributed by atoms with Crippen molar-refractivity contribution in [1.29, 1.82) is 0 Å². The molecule has 1 unspecified atom stereocenters. The van der Waals surface area contributed by atoms with Crippen LogP contribution in [0, 0.1) is 5.92 Å². The van der Waals surface area contributed by atoms with Gasteiger partial charge in [0.2, 0.25) is 5.91 Å². The summed E-state index contributed by atoms with van der Waals surface area (Å²) in [6.45, 7) is 3.02. The molecule has 1 aromatic rings. The van der Waals surface area contributed by atoms with Crippen molar-refractivity contribution >= 4 is 5.91 Å². The van der Waals surface area contributed by atoms with Crippen molar-refractivity contribution < 1.29 is 4.79 Å². The van der Waals surface area contributed by atoms with E-state index < -0.39 is 0 Å². The number of nitrogens with zero attached hydrogens (tertiary/aromatic N) is 2. The molecule has 0 radical (unpaired) electrons. The normalized spacial score (nSPS) is 18.5. The van der Waals surface area contributed by atoms with E-state index in [0.29, 0.717) is 12.3 Å². The maximum Gasteiger partial charge on any atom is 0.222 e. The summed E-state index contributed by atoms with van der Waals surface area (Å²) >= 11 is 0. The number of nitrogens with one attached hydrogen (secondary N) is 1. The molecule has 1 aliphatic rings. The maximum atomic E-state index is 12.0. The smallest absolute Gasteiger partial charge is 0.222 e. The van der Waals surface area contributed by atoms with Crippen molar-refractivity contribution in [2.45, 2.75) is 25.7 Å². The Bertz CT molecular complexity index is 388. The van der Waals surface area contributed by atoms with Crippen molar-refractivity contribution in [3.8, 4) is 0 Å². The summed E-state index contributed by atoms with van der Waals surface area (Å²) in [6, 6.07) is 5.92. The molecule has 0 aromatic carbocycles. The molecular formula is C15H23N3O. The first-order chi connectivity index (χ1) is 9.25. The van der Waals surface area contributed by atoms with Gasteiger partial charge in [0.05, 0.1) is 0 Å². The number of aryl methyl sites for hydroxylation is 1. The monoisotopic (exact) mass is 261 g/mol. The molecule has 4 heteroatoms. The molecule has 4 nitrogen and oxygen atoms in total. The van der Waals surface area contributed by atoms with E-state index in [0.717, 1.165) is 38.2 Å². The van der Waals surface area contributed by atoms with Gasteiger partial charge in [-0.1, -0.05) is 6.07 Å². The molecule has 1 aromatic heterocycles. The van der Waals surface area contributed by atoms with Crippen LogP contribution in [-0.4, -0.2) is 42.5 Å². The van der Waals surface area contributed by atoms with E-state index in [2.05, 4.69) is 10.3 Å². The highest BCUT2D eigenvalue weighted by Gasteiger charge is 2.18. The van der Waals surface area contributed by atoms with Gasteiger partial charge in [0, 0.05) is 31.9 Å². The first kappa shape index (κ1) is 14.0. The van der Waals surface area contributed by atoms with Gasteiger partial charge < -0.3 is 10.2 Å². The van der Waals surface area contributed by atoms with Crippen LogP contribution >= 0.6 is 0 Å². The zero-order valence-corrected chi connectivity index (χ0v) is 11.6. The third-order valence-electron chi connectivity index (χ3n) is 3.67. The quantitative estimate of drug-likeness (QED) is 0.843. The molecule has 1 saturated heterocycles. The van der Waals surface area contributed by atoms with Crippen molar-refractivity contribution in [2.75, 3.05) is 26.7 Å². The van der Waals surface area contributed by atoms with E-state index in [9.17, 15) is 4.79 Å². The molecule has 0 bridgehead atoms. The molecule has 2 rings (SSSR count). The summed E-state index contributed by atoms with van der Waals surface area (Å²) in [6.07, 6.45) is 5.36. The predicted molar refractivity (Wildman–Crippen MR) is 75.8 cm³/mol. The van der Waals surface area contributed by atoms with Gasteiger partial charge in [0.15, 0.2) is 0 Å².